The predicted octanol–water partition coefficient (Wildman–Crippen LogP) is 0.0938. The molecule has 2 aromatic heterocycles. The van der Waals surface area contributed by atoms with E-state index in [2.05, 4.69) is 30.6 Å². The van der Waals surface area contributed by atoms with E-state index in [1.165, 1.54) is 0 Å². The Hall–Kier alpha value is -4.42. The van der Waals surface area contributed by atoms with Crippen molar-refractivity contribution in [3.05, 3.63) is 46.5 Å². The van der Waals surface area contributed by atoms with Crippen molar-refractivity contribution >= 4 is 40.7 Å². The third-order valence-electron chi connectivity index (χ3n) is 4.34. The molecule has 0 amide bonds. The van der Waals surface area contributed by atoms with Crippen LogP contribution < -0.4 is 16.3 Å². The minimum Gasteiger partial charge on any atom is -0.481 e. The maximum absolute atomic E-state index is 11.8. The van der Waals surface area contributed by atoms with Crippen molar-refractivity contribution in [2.45, 2.75) is 24.9 Å². The van der Waals surface area contributed by atoms with E-state index in [0.717, 1.165) is 16.5 Å². The van der Waals surface area contributed by atoms with E-state index in [-0.39, 0.29) is 12.4 Å². The maximum Gasteiger partial charge on any atom is 0.350 e. The number of hydrogen-bond acceptors (Lipinski definition) is 8. The number of para-hydroxylation sites is 1. The minimum absolute atomic E-state index is 0.0465. The van der Waals surface area contributed by atoms with E-state index >= 15 is 0 Å². The Kier molecular flexibility index (Phi) is 6.14. The number of H-pyrrole nitrogens is 2. The van der Waals surface area contributed by atoms with Crippen LogP contribution >= 0.6 is 0 Å². The predicted molar refractivity (Wildman–Crippen MR) is 107 cm³/mol. The lowest BCUT2D eigenvalue weighted by atomic mass is 10.1. The molecule has 13 heteroatoms. The number of fused-ring (bicyclic) bond motifs is 1. The van der Waals surface area contributed by atoms with Crippen LogP contribution in [0.3, 0.4) is 0 Å². The summed E-state index contributed by atoms with van der Waals surface area (Å²) >= 11 is 0. The molecule has 0 saturated carbocycles. The number of anilines is 2. The van der Waals surface area contributed by atoms with Crippen LogP contribution in [0.2, 0.25) is 0 Å². The second-order valence-electron chi connectivity index (χ2n) is 6.56. The number of aromatic nitrogens is 4. The van der Waals surface area contributed by atoms with Gasteiger partial charge < -0.3 is 30.9 Å². The van der Waals surface area contributed by atoms with Gasteiger partial charge in [0.05, 0.1) is 6.42 Å². The molecule has 0 fully saturated rings. The standard InChI is InChI=1S/C18H18N6O7/c25-13(26)6-12(15(29)30)21-17-22-16(23-18(31)24-17)20-11(14(27)28)5-8-7-19-10-4-2-1-3-9(8)10/h1-4,7,11-12,19H,5-6H2,(H,25,26)(H,27,28)(H,29,30)(H3,20,21,22,23,24,31)/t11-,12-/m0/s1. The summed E-state index contributed by atoms with van der Waals surface area (Å²) in [6, 6.07) is 4.56. The molecule has 0 radical (unpaired) electrons. The number of carbonyl (C=O) groups is 3. The smallest absolute Gasteiger partial charge is 0.350 e. The van der Waals surface area contributed by atoms with Crippen LogP contribution in [0.4, 0.5) is 11.9 Å². The highest BCUT2D eigenvalue weighted by Crippen LogP contribution is 2.20. The van der Waals surface area contributed by atoms with E-state index < -0.39 is 48.1 Å². The third-order valence-corrected chi connectivity index (χ3v) is 4.34. The van der Waals surface area contributed by atoms with Crippen molar-refractivity contribution in [3.8, 4) is 0 Å². The Morgan fingerprint density at radius 3 is 2.39 bits per heavy atom. The fourth-order valence-corrected chi connectivity index (χ4v) is 2.93. The van der Waals surface area contributed by atoms with Gasteiger partial charge in [0.25, 0.3) is 0 Å². The number of nitrogens with one attached hydrogen (secondary N) is 4. The first-order chi connectivity index (χ1) is 14.7. The van der Waals surface area contributed by atoms with Crippen LogP contribution in [-0.2, 0) is 20.8 Å². The topological polar surface area (TPSA) is 210 Å². The summed E-state index contributed by atoms with van der Waals surface area (Å²) < 4.78 is 0. The van der Waals surface area contributed by atoms with Gasteiger partial charge in [0.1, 0.15) is 12.1 Å². The molecule has 162 valence electrons. The molecule has 7 N–H and O–H groups in total. The summed E-state index contributed by atoms with van der Waals surface area (Å²) in [5, 5.41) is 33.2. The molecule has 3 rings (SSSR count). The molecule has 1 aromatic carbocycles. The summed E-state index contributed by atoms with van der Waals surface area (Å²) in [4.78, 5) is 58.2. The SMILES string of the molecule is O=C(O)C[C@H](Nc1nc(N[C@@H](Cc2c[nH]c3ccccc23)C(=O)O)[nH]c(=O)n1)C(=O)O. The van der Waals surface area contributed by atoms with Gasteiger partial charge in [-0.2, -0.15) is 9.97 Å². The molecule has 2 heterocycles. The quantitative estimate of drug-likeness (QED) is 0.229. The van der Waals surface area contributed by atoms with Crippen LogP contribution in [0.15, 0.2) is 35.3 Å². The number of nitrogens with zero attached hydrogens (tertiary/aromatic N) is 2. The molecule has 0 aliphatic heterocycles. The van der Waals surface area contributed by atoms with Gasteiger partial charge in [0, 0.05) is 23.5 Å². The molecule has 0 spiro atoms. The summed E-state index contributed by atoms with van der Waals surface area (Å²) in [5.41, 5.74) is 0.620. The lowest BCUT2D eigenvalue weighted by Crippen LogP contribution is -2.35. The lowest BCUT2D eigenvalue weighted by molar-refractivity contribution is -0.144. The van der Waals surface area contributed by atoms with E-state index in [9.17, 15) is 24.3 Å². The molecule has 0 bridgehead atoms. The van der Waals surface area contributed by atoms with Gasteiger partial charge in [-0.1, -0.05) is 18.2 Å². The normalized spacial score (nSPS) is 12.8. The van der Waals surface area contributed by atoms with E-state index in [0.29, 0.717) is 0 Å². The average Bonchev–Trinajstić information content (AvgIpc) is 3.09. The second-order valence-corrected chi connectivity index (χ2v) is 6.56. The summed E-state index contributed by atoms with van der Waals surface area (Å²) in [7, 11) is 0. The monoisotopic (exact) mass is 430 g/mol. The molecule has 0 aliphatic carbocycles. The summed E-state index contributed by atoms with van der Waals surface area (Å²) in [5.74, 6) is -4.81. The van der Waals surface area contributed by atoms with Gasteiger partial charge >= 0.3 is 23.6 Å². The summed E-state index contributed by atoms with van der Waals surface area (Å²) in [6.07, 6.45) is 0.943. The Morgan fingerprint density at radius 1 is 1.00 bits per heavy atom. The number of rotatable bonds is 10. The van der Waals surface area contributed by atoms with Gasteiger partial charge in [-0.25, -0.2) is 14.4 Å². The number of aromatic amines is 2. The van der Waals surface area contributed by atoms with Gasteiger partial charge in [0.15, 0.2) is 0 Å². The van der Waals surface area contributed by atoms with Crippen molar-refractivity contribution in [3.63, 3.8) is 0 Å². The second kappa shape index (κ2) is 8.94. The first-order valence-corrected chi connectivity index (χ1v) is 8.96. The highest BCUT2D eigenvalue weighted by atomic mass is 16.4. The molecule has 0 unspecified atom stereocenters. The maximum atomic E-state index is 11.8. The fourth-order valence-electron chi connectivity index (χ4n) is 2.93. The zero-order chi connectivity index (χ0) is 22.5. The van der Waals surface area contributed by atoms with Crippen molar-refractivity contribution in [2.75, 3.05) is 10.6 Å². The molecule has 13 nitrogen and oxygen atoms in total. The number of aliphatic carboxylic acids is 3. The Morgan fingerprint density at radius 2 is 1.71 bits per heavy atom. The number of carboxylic acids is 3. The highest BCUT2D eigenvalue weighted by molar-refractivity contribution is 5.85. The molecular weight excluding hydrogens is 412 g/mol. The lowest BCUT2D eigenvalue weighted by Gasteiger charge is -2.16. The Bertz CT molecular complexity index is 1190. The van der Waals surface area contributed by atoms with Crippen LogP contribution in [0.1, 0.15) is 12.0 Å². The minimum atomic E-state index is -1.59. The van der Waals surface area contributed by atoms with E-state index in [4.69, 9.17) is 10.2 Å². The van der Waals surface area contributed by atoms with E-state index in [1.54, 1.807) is 6.20 Å². The molecule has 31 heavy (non-hydrogen) atoms. The molecule has 0 aliphatic rings. The summed E-state index contributed by atoms with van der Waals surface area (Å²) in [6.45, 7) is 0. The largest absolute Gasteiger partial charge is 0.481 e. The van der Waals surface area contributed by atoms with Crippen LogP contribution in [0.25, 0.3) is 10.9 Å². The van der Waals surface area contributed by atoms with Crippen molar-refractivity contribution in [1.29, 1.82) is 0 Å². The van der Waals surface area contributed by atoms with Crippen LogP contribution in [0, 0.1) is 0 Å². The first kappa shape index (κ1) is 21.3. The van der Waals surface area contributed by atoms with Crippen LogP contribution in [0.5, 0.6) is 0 Å². The number of benzene rings is 1. The third kappa shape index (κ3) is 5.35. The van der Waals surface area contributed by atoms with Gasteiger partial charge in [-0.3, -0.25) is 9.78 Å². The highest BCUT2D eigenvalue weighted by Gasteiger charge is 2.24. The Labute approximate surface area is 173 Å². The van der Waals surface area contributed by atoms with E-state index in [1.807, 2.05) is 24.3 Å². The fraction of sp³-hybridized carbons (Fsp3) is 0.222. The van der Waals surface area contributed by atoms with Gasteiger partial charge in [-0.05, 0) is 11.6 Å². The zero-order valence-corrected chi connectivity index (χ0v) is 15.8. The first-order valence-electron chi connectivity index (χ1n) is 8.96. The van der Waals surface area contributed by atoms with Crippen molar-refractivity contribution in [2.24, 2.45) is 0 Å². The zero-order valence-electron chi connectivity index (χ0n) is 15.8. The number of carboxylic acid groups (broad SMARTS) is 3. The Balaban J connectivity index is 1.82. The molecule has 2 atom stereocenters. The van der Waals surface area contributed by atoms with Crippen molar-refractivity contribution < 1.29 is 29.7 Å². The van der Waals surface area contributed by atoms with Gasteiger partial charge in [-0.15, -0.1) is 0 Å². The average molecular weight is 430 g/mol. The molecule has 3 aromatic rings. The van der Waals surface area contributed by atoms with Crippen molar-refractivity contribution in [1.82, 2.24) is 19.9 Å². The van der Waals surface area contributed by atoms with Crippen LogP contribution in [-0.4, -0.2) is 65.2 Å². The molecule has 0 saturated heterocycles. The molecular formula is C18H18N6O7. The number of hydrogen-bond donors (Lipinski definition) is 7. The van der Waals surface area contributed by atoms with Gasteiger partial charge in [0.2, 0.25) is 11.9 Å².